The van der Waals surface area contributed by atoms with Crippen LogP contribution in [0.15, 0.2) is 59.8 Å². The van der Waals surface area contributed by atoms with E-state index in [0.29, 0.717) is 39.8 Å². The quantitative estimate of drug-likeness (QED) is 0.283. The summed E-state index contributed by atoms with van der Waals surface area (Å²) in [6.07, 6.45) is 6.50. The molecule has 2 aliphatic heterocycles. The Morgan fingerprint density at radius 1 is 1.14 bits per heavy atom. The predicted molar refractivity (Wildman–Crippen MR) is 171 cm³/mol. The minimum atomic E-state index is -1.30. The standard InChI is InChI=1S/C30H30Cl2N6O4.ClH/c1-35(2)20-14-36(15-20)27-8-7-18(13-34-27)38-16-22(30(40)41)28(39)21-11-24(32)26(12-25(21)38)37-10-4-5-19(37)17-42-29-23(31)6-3-9-33-29;/h3,6-9,11-13,16,19-20H,4-5,10,14-15,17H2,1-2H3,(H,40,41);1H/t19-;/m1./s1. The summed E-state index contributed by atoms with van der Waals surface area (Å²) in [6.45, 7) is 2.87. The molecular weight excluding hydrogens is 615 g/mol. The van der Waals surface area contributed by atoms with E-state index in [1.807, 2.05) is 18.2 Å². The number of fused-ring (bicyclic) bond motifs is 1. The molecule has 3 aromatic heterocycles. The number of carbonyl (C=O) groups is 1. The lowest BCUT2D eigenvalue weighted by Crippen LogP contribution is -2.57. The van der Waals surface area contributed by atoms with Crippen LogP contribution in [0.1, 0.15) is 23.2 Å². The maximum Gasteiger partial charge on any atom is 0.341 e. The first kappa shape index (κ1) is 30.9. The van der Waals surface area contributed by atoms with Crippen LogP contribution in [0.4, 0.5) is 11.5 Å². The molecule has 2 aliphatic rings. The molecule has 2 fully saturated rings. The molecule has 10 nitrogen and oxygen atoms in total. The third-order valence-corrected chi connectivity index (χ3v) is 8.64. The number of aromatic nitrogens is 3. The predicted octanol–water partition coefficient (Wildman–Crippen LogP) is 5.01. The number of halogens is 3. The van der Waals surface area contributed by atoms with Crippen molar-refractivity contribution in [2.45, 2.75) is 24.9 Å². The molecule has 0 aliphatic carbocycles. The SMILES string of the molecule is CN(C)C1CN(c2ccc(-n3cc(C(=O)O)c(=O)c4cc(Cl)c(N5CCC[C@@H]5COc5ncccc5Cl)cc43)cn2)C1.Cl. The number of nitrogens with zero attached hydrogens (tertiary/aromatic N) is 6. The molecule has 0 radical (unpaired) electrons. The fraction of sp³-hybridized carbons (Fsp3) is 0.333. The fourth-order valence-electron chi connectivity index (χ4n) is 5.58. The van der Waals surface area contributed by atoms with Gasteiger partial charge in [0, 0.05) is 43.5 Å². The summed E-state index contributed by atoms with van der Waals surface area (Å²) >= 11 is 13.0. The molecule has 43 heavy (non-hydrogen) atoms. The van der Waals surface area contributed by atoms with Crippen LogP contribution in [0.2, 0.25) is 10.0 Å². The maximum atomic E-state index is 13.2. The number of hydrogen-bond acceptors (Lipinski definition) is 8. The molecule has 1 aromatic carbocycles. The van der Waals surface area contributed by atoms with Crippen molar-refractivity contribution in [3.63, 3.8) is 0 Å². The van der Waals surface area contributed by atoms with Crippen LogP contribution in [0.3, 0.4) is 0 Å². The molecular formula is C30H31Cl3N6O4. The highest BCUT2D eigenvalue weighted by Gasteiger charge is 2.30. The highest BCUT2D eigenvalue weighted by Crippen LogP contribution is 2.36. The molecule has 5 heterocycles. The van der Waals surface area contributed by atoms with Crippen molar-refractivity contribution < 1.29 is 14.6 Å². The Hall–Kier alpha value is -3.57. The van der Waals surface area contributed by atoms with Gasteiger partial charge >= 0.3 is 5.97 Å². The molecule has 0 bridgehead atoms. The topological polar surface area (TPSA) is 104 Å². The zero-order valence-electron chi connectivity index (χ0n) is 23.6. The minimum absolute atomic E-state index is 0. The molecule has 1 N–H and O–H groups in total. The Morgan fingerprint density at radius 2 is 1.93 bits per heavy atom. The van der Waals surface area contributed by atoms with Gasteiger partial charge in [-0.05, 0) is 63.3 Å². The lowest BCUT2D eigenvalue weighted by molar-refractivity contribution is 0.0695. The van der Waals surface area contributed by atoms with Crippen molar-refractivity contribution in [2.75, 3.05) is 50.1 Å². The van der Waals surface area contributed by atoms with Crippen molar-refractivity contribution >= 4 is 64.0 Å². The summed E-state index contributed by atoms with van der Waals surface area (Å²) < 4.78 is 7.65. The van der Waals surface area contributed by atoms with Crippen LogP contribution in [0.5, 0.6) is 5.88 Å². The summed E-state index contributed by atoms with van der Waals surface area (Å²) in [6, 6.07) is 11.2. The van der Waals surface area contributed by atoms with Gasteiger partial charge in [0.2, 0.25) is 11.3 Å². The number of rotatable bonds is 8. The zero-order chi connectivity index (χ0) is 29.5. The van der Waals surface area contributed by atoms with E-state index in [-0.39, 0.29) is 29.4 Å². The second-order valence-electron chi connectivity index (χ2n) is 10.9. The van der Waals surface area contributed by atoms with Crippen molar-refractivity contribution in [2.24, 2.45) is 0 Å². The third kappa shape index (κ3) is 5.97. The summed E-state index contributed by atoms with van der Waals surface area (Å²) in [7, 11) is 4.13. The molecule has 0 spiro atoms. The van der Waals surface area contributed by atoms with Gasteiger partial charge in [0.25, 0.3) is 0 Å². The van der Waals surface area contributed by atoms with Gasteiger partial charge in [0.05, 0.1) is 34.2 Å². The Kier molecular flexibility index (Phi) is 9.03. The van der Waals surface area contributed by atoms with Gasteiger partial charge in [0.1, 0.15) is 23.0 Å². The molecule has 4 aromatic rings. The Morgan fingerprint density at radius 3 is 2.60 bits per heavy atom. The summed E-state index contributed by atoms with van der Waals surface area (Å²) in [5.74, 6) is -0.0879. The van der Waals surface area contributed by atoms with E-state index < -0.39 is 11.4 Å². The van der Waals surface area contributed by atoms with Gasteiger partial charge < -0.3 is 29.1 Å². The van der Waals surface area contributed by atoms with Gasteiger partial charge in [-0.2, -0.15) is 0 Å². The van der Waals surface area contributed by atoms with E-state index in [0.717, 1.165) is 44.0 Å². The van der Waals surface area contributed by atoms with Crippen LogP contribution in [0, 0.1) is 0 Å². The van der Waals surface area contributed by atoms with E-state index in [2.05, 4.69) is 38.8 Å². The number of ether oxygens (including phenoxy) is 1. The molecule has 13 heteroatoms. The normalized spacial score (nSPS) is 16.8. The van der Waals surface area contributed by atoms with Crippen LogP contribution in [0.25, 0.3) is 16.6 Å². The molecule has 6 rings (SSSR count). The van der Waals surface area contributed by atoms with Gasteiger partial charge in [-0.25, -0.2) is 14.8 Å². The number of carboxylic acids is 1. The number of likely N-dealkylation sites (N-methyl/N-ethyl adjacent to an activating group) is 1. The largest absolute Gasteiger partial charge is 0.477 e. The molecule has 0 unspecified atom stereocenters. The van der Waals surface area contributed by atoms with E-state index >= 15 is 0 Å². The van der Waals surface area contributed by atoms with E-state index in [9.17, 15) is 14.7 Å². The molecule has 2 saturated heterocycles. The smallest absolute Gasteiger partial charge is 0.341 e. The number of pyridine rings is 3. The third-order valence-electron chi connectivity index (χ3n) is 8.05. The average molecular weight is 646 g/mol. The molecule has 0 amide bonds. The van der Waals surface area contributed by atoms with Crippen LogP contribution < -0.4 is 20.0 Å². The molecule has 1 atom stereocenters. The summed E-state index contributed by atoms with van der Waals surface area (Å²) in [5, 5.41) is 10.8. The van der Waals surface area contributed by atoms with Gasteiger partial charge in [0.15, 0.2) is 0 Å². The average Bonchev–Trinajstić information content (AvgIpc) is 3.40. The number of hydrogen-bond donors (Lipinski definition) is 1. The van der Waals surface area contributed by atoms with Crippen LogP contribution >= 0.6 is 35.6 Å². The second-order valence-corrected chi connectivity index (χ2v) is 11.7. The molecule has 0 saturated carbocycles. The van der Waals surface area contributed by atoms with Crippen molar-refractivity contribution in [3.05, 3.63) is 80.8 Å². The number of anilines is 2. The summed E-state index contributed by atoms with van der Waals surface area (Å²) in [4.78, 5) is 40.7. The lowest BCUT2D eigenvalue weighted by Gasteiger charge is -2.43. The highest BCUT2D eigenvalue weighted by molar-refractivity contribution is 6.34. The zero-order valence-corrected chi connectivity index (χ0v) is 25.9. The monoisotopic (exact) mass is 644 g/mol. The Labute approximate surface area is 264 Å². The Bertz CT molecular complexity index is 1710. The van der Waals surface area contributed by atoms with Gasteiger partial charge in [-0.3, -0.25) is 4.79 Å². The van der Waals surface area contributed by atoms with E-state index in [4.69, 9.17) is 27.9 Å². The van der Waals surface area contributed by atoms with Crippen LogP contribution in [-0.4, -0.2) is 82.9 Å². The van der Waals surface area contributed by atoms with Crippen molar-refractivity contribution in [1.82, 2.24) is 19.4 Å². The molecule has 226 valence electrons. The van der Waals surface area contributed by atoms with E-state index in [1.165, 1.54) is 6.20 Å². The number of aromatic carboxylic acids is 1. The number of benzene rings is 1. The lowest BCUT2D eigenvalue weighted by atomic mass is 10.1. The first-order chi connectivity index (χ1) is 20.2. The first-order valence-electron chi connectivity index (χ1n) is 13.7. The van der Waals surface area contributed by atoms with Gasteiger partial charge in [-0.15, -0.1) is 12.4 Å². The second kappa shape index (κ2) is 12.6. The van der Waals surface area contributed by atoms with Crippen molar-refractivity contribution in [3.8, 4) is 11.6 Å². The number of carboxylic acid groups (broad SMARTS) is 1. The van der Waals surface area contributed by atoms with Gasteiger partial charge in [-0.1, -0.05) is 23.2 Å². The van der Waals surface area contributed by atoms with Crippen LogP contribution in [-0.2, 0) is 0 Å². The maximum absolute atomic E-state index is 13.2. The summed E-state index contributed by atoms with van der Waals surface area (Å²) in [5.41, 5.74) is 0.976. The fourth-order valence-corrected chi connectivity index (χ4v) is 6.02. The first-order valence-corrected chi connectivity index (χ1v) is 14.5. The van der Waals surface area contributed by atoms with E-state index in [1.54, 1.807) is 35.2 Å². The highest BCUT2D eigenvalue weighted by atomic mass is 35.5. The minimum Gasteiger partial charge on any atom is -0.477 e. The van der Waals surface area contributed by atoms with Crippen molar-refractivity contribution in [1.29, 1.82) is 0 Å². The Balaban J connectivity index is 0.00000368.